The summed E-state index contributed by atoms with van der Waals surface area (Å²) in [6.07, 6.45) is 1.97. The number of carbonyl (C=O) groups is 3. The first-order valence-corrected chi connectivity index (χ1v) is 9.60. The van der Waals surface area contributed by atoms with Crippen molar-refractivity contribution in [3.05, 3.63) is 0 Å². The number of fused-ring (bicyclic) bond motifs is 2. The Morgan fingerprint density at radius 1 is 1.19 bits per heavy atom. The molecule has 0 spiro atoms. The molecule has 1 aliphatic carbocycles. The van der Waals surface area contributed by atoms with Crippen LogP contribution >= 0.6 is 0 Å². The maximum absolute atomic E-state index is 12.3. The molecule has 1 saturated carbocycles. The maximum atomic E-state index is 12.3. The molecule has 0 aromatic rings. The molecule has 26 heavy (non-hydrogen) atoms. The van der Waals surface area contributed by atoms with Crippen molar-refractivity contribution in [2.75, 3.05) is 13.6 Å². The number of piperidine rings is 1. The van der Waals surface area contributed by atoms with Gasteiger partial charge in [-0.3, -0.25) is 25.0 Å². The Bertz CT molecular complexity index is 708. The molecule has 2 atom stereocenters. The van der Waals surface area contributed by atoms with Crippen molar-refractivity contribution in [1.82, 2.24) is 26.1 Å². The van der Waals surface area contributed by atoms with Crippen LogP contribution in [-0.4, -0.2) is 72.5 Å². The van der Waals surface area contributed by atoms with E-state index in [2.05, 4.69) is 20.5 Å². The normalized spacial score (nSPS) is 30.8. The number of nitrogens with one attached hydrogen (secondary N) is 3. The number of hydrazine groups is 1. The van der Waals surface area contributed by atoms with Crippen LogP contribution in [0.15, 0.2) is 0 Å². The van der Waals surface area contributed by atoms with Crippen LogP contribution in [0.1, 0.15) is 25.7 Å². The summed E-state index contributed by atoms with van der Waals surface area (Å²) in [4.78, 5) is 37.6. The maximum Gasteiger partial charge on any atom is 0.418 e. The molecule has 3 rings (SSSR count). The Morgan fingerprint density at radius 2 is 1.85 bits per heavy atom. The van der Waals surface area contributed by atoms with Crippen LogP contribution in [0.3, 0.4) is 0 Å². The number of amides is 4. The summed E-state index contributed by atoms with van der Waals surface area (Å²) in [5.41, 5.74) is 4.68. The van der Waals surface area contributed by atoms with Crippen LogP contribution in [0.5, 0.6) is 0 Å². The van der Waals surface area contributed by atoms with E-state index >= 15 is 0 Å². The Morgan fingerprint density at radius 3 is 2.46 bits per heavy atom. The van der Waals surface area contributed by atoms with Crippen molar-refractivity contribution in [2.45, 2.75) is 43.8 Å². The molecule has 4 amide bonds. The monoisotopic (exact) mass is 391 g/mol. The van der Waals surface area contributed by atoms with E-state index in [4.69, 9.17) is 4.55 Å². The second-order valence-electron chi connectivity index (χ2n) is 6.64. The smallest absolute Gasteiger partial charge is 0.317 e. The molecule has 12 nitrogen and oxygen atoms in total. The van der Waals surface area contributed by atoms with Gasteiger partial charge in [-0.15, -0.1) is 4.28 Å². The van der Waals surface area contributed by atoms with Crippen LogP contribution in [0, 0.1) is 5.92 Å². The average molecular weight is 391 g/mol. The van der Waals surface area contributed by atoms with Gasteiger partial charge in [0.05, 0.1) is 6.04 Å². The summed E-state index contributed by atoms with van der Waals surface area (Å²) in [5, 5.41) is 3.62. The SMILES string of the molecule is CNC1CC(C(=O)NNC(=O)[C@@H]2CC[C@@H]3CN2C(=O)N3OS(=O)(=O)O)C1. The van der Waals surface area contributed by atoms with Gasteiger partial charge in [0.2, 0.25) is 5.91 Å². The number of rotatable bonds is 5. The first-order chi connectivity index (χ1) is 12.2. The summed E-state index contributed by atoms with van der Waals surface area (Å²) in [6, 6.07) is -1.96. The Kier molecular flexibility index (Phi) is 5.05. The highest BCUT2D eigenvalue weighted by atomic mass is 32.3. The van der Waals surface area contributed by atoms with Crippen molar-refractivity contribution in [3.8, 4) is 0 Å². The molecule has 3 fully saturated rings. The number of carbonyl (C=O) groups excluding carboxylic acids is 3. The predicted octanol–water partition coefficient (Wildman–Crippen LogP) is -1.87. The van der Waals surface area contributed by atoms with Crippen LogP contribution < -0.4 is 16.2 Å². The zero-order chi connectivity index (χ0) is 19.1. The molecule has 4 N–H and O–H groups in total. The third kappa shape index (κ3) is 3.75. The summed E-state index contributed by atoms with van der Waals surface area (Å²) < 4.78 is 34.7. The molecule has 3 aliphatic rings. The van der Waals surface area contributed by atoms with Gasteiger partial charge in [-0.2, -0.15) is 13.5 Å². The zero-order valence-electron chi connectivity index (χ0n) is 14.0. The number of urea groups is 1. The second-order valence-corrected chi connectivity index (χ2v) is 7.65. The lowest BCUT2D eigenvalue weighted by Gasteiger charge is -2.34. The highest BCUT2D eigenvalue weighted by Crippen LogP contribution is 2.31. The standard InChI is InChI=1S/C13H21N5O7S/c1-14-8-4-7(5-8)11(19)15-16-12(20)10-3-2-9-6-17(10)13(21)18(9)25-26(22,23)24/h7-10,14H,2-6H2,1H3,(H,15,19)(H,16,20)(H,22,23,24)/t7?,8?,9-,10+/m1/s1. The van der Waals surface area contributed by atoms with E-state index in [0.29, 0.717) is 30.4 Å². The van der Waals surface area contributed by atoms with Gasteiger partial charge in [0.15, 0.2) is 0 Å². The Hall–Kier alpha value is -1.96. The second kappa shape index (κ2) is 6.98. The van der Waals surface area contributed by atoms with Crippen LogP contribution in [-0.2, 0) is 24.3 Å². The van der Waals surface area contributed by atoms with Crippen molar-refractivity contribution < 1.29 is 31.6 Å². The minimum absolute atomic E-state index is 0.0901. The van der Waals surface area contributed by atoms with Crippen LogP contribution in [0.2, 0.25) is 0 Å². The largest absolute Gasteiger partial charge is 0.418 e. The molecular formula is C13H21N5O7S. The quantitative estimate of drug-likeness (QED) is 0.314. The number of hydrogen-bond acceptors (Lipinski definition) is 7. The van der Waals surface area contributed by atoms with E-state index in [0.717, 1.165) is 4.90 Å². The first-order valence-electron chi connectivity index (χ1n) is 8.23. The average Bonchev–Trinajstić information content (AvgIpc) is 2.75. The third-order valence-electron chi connectivity index (χ3n) is 5.03. The minimum atomic E-state index is -4.84. The lowest BCUT2D eigenvalue weighted by molar-refractivity contribution is -0.135. The third-order valence-corrected chi connectivity index (χ3v) is 5.38. The fraction of sp³-hybridized carbons (Fsp3) is 0.769. The fourth-order valence-electron chi connectivity index (χ4n) is 3.48. The molecule has 146 valence electrons. The number of hydroxylamine groups is 2. The molecule has 0 radical (unpaired) electrons. The number of hydrogen-bond donors (Lipinski definition) is 4. The summed E-state index contributed by atoms with van der Waals surface area (Å²) in [6.45, 7) is 0.0901. The minimum Gasteiger partial charge on any atom is -0.317 e. The molecule has 2 bridgehead atoms. The Balaban J connectivity index is 1.53. The molecular weight excluding hydrogens is 370 g/mol. The number of nitrogens with zero attached hydrogens (tertiary/aromatic N) is 2. The van der Waals surface area contributed by atoms with E-state index in [1.807, 2.05) is 7.05 Å². The molecule has 2 aliphatic heterocycles. The predicted molar refractivity (Wildman–Crippen MR) is 85.2 cm³/mol. The zero-order valence-corrected chi connectivity index (χ0v) is 14.9. The van der Waals surface area contributed by atoms with Crippen LogP contribution in [0.4, 0.5) is 4.79 Å². The summed E-state index contributed by atoms with van der Waals surface area (Å²) >= 11 is 0. The highest BCUT2D eigenvalue weighted by molar-refractivity contribution is 7.80. The van der Waals surface area contributed by atoms with E-state index in [1.54, 1.807) is 0 Å². The van der Waals surface area contributed by atoms with Crippen molar-refractivity contribution in [3.63, 3.8) is 0 Å². The van der Waals surface area contributed by atoms with Gasteiger partial charge in [-0.25, -0.2) is 4.79 Å². The highest BCUT2D eigenvalue weighted by Gasteiger charge is 2.49. The van der Waals surface area contributed by atoms with E-state index < -0.39 is 34.4 Å². The molecule has 0 unspecified atom stereocenters. The summed E-state index contributed by atoms with van der Waals surface area (Å²) in [7, 11) is -3.02. The lowest BCUT2D eigenvalue weighted by atomic mass is 9.80. The topological polar surface area (TPSA) is 157 Å². The van der Waals surface area contributed by atoms with Gasteiger partial charge in [0, 0.05) is 18.5 Å². The molecule has 2 heterocycles. The summed E-state index contributed by atoms with van der Waals surface area (Å²) in [5.74, 6) is -1.03. The molecule has 13 heteroatoms. The first kappa shape index (κ1) is 18.8. The van der Waals surface area contributed by atoms with Crippen LogP contribution in [0.25, 0.3) is 0 Å². The van der Waals surface area contributed by atoms with E-state index in [1.165, 1.54) is 0 Å². The van der Waals surface area contributed by atoms with Crippen molar-refractivity contribution >= 4 is 28.2 Å². The van der Waals surface area contributed by atoms with Gasteiger partial charge in [0.1, 0.15) is 6.04 Å². The van der Waals surface area contributed by atoms with Gasteiger partial charge >= 0.3 is 16.4 Å². The Labute approximate surface area is 150 Å². The van der Waals surface area contributed by atoms with Crippen molar-refractivity contribution in [2.24, 2.45) is 5.92 Å². The molecule has 0 aromatic heterocycles. The van der Waals surface area contributed by atoms with Gasteiger partial charge in [-0.1, -0.05) is 0 Å². The van der Waals surface area contributed by atoms with Gasteiger partial charge < -0.3 is 10.2 Å². The fourth-order valence-corrected chi connectivity index (χ4v) is 3.87. The van der Waals surface area contributed by atoms with Crippen molar-refractivity contribution in [1.29, 1.82) is 0 Å². The van der Waals surface area contributed by atoms with E-state index in [9.17, 15) is 22.8 Å². The van der Waals surface area contributed by atoms with Gasteiger partial charge in [0.25, 0.3) is 5.91 Å². The van der Waals surface area contributed by atoms with E-state index in [-0.39, 0.29) is 24.8 Å². The molecule has 0 aromatic carbocycles. The molecule has 2 saturated heterocycles. The lowest BCUT2D eigenvalue weighted by Crippen LogP contribution is -2.56. The van der Waals surface area contributed by atoms with Gasteiger partial charge in [-0.05, 0) is 32.7 Å².